The number of carbonyl (C=O) groups is 1. The maximum atomic E-state index is 10.8. The molecule has 0 saturated carbocycles. The number of hydrogen-bond acceptors (Lipinski definition) is 9. The summed E-state index contributed by atoms with van der Waals surface area (Å²) in [6, 6.07) is 0. The first kappa shape index (κ1) is 32.1. The van der Waals surface area contributed by atoms with Gasteiger partial charge in [0.1, 0.15) is 24.4 Å². The number of hydrogen-bond donors (Lipinski definition) is 7. The molecule has 0 bridgehead atoms. The molecular formula is C26H42O10. The summed E-state index contributed by atoms with van der Waals surface area (Å²) in [6.45, 7) is 8.10. The minimum Gasteiger partial charge on any atom is -0.478 e. The average Bonchev–Trinajstić information content (AvgIpc) is 2.83. The van der Waals surface area contributed by atoms with Crippen molar-refractivity contribution in [2.24, 2.45) is 0 Å². The lowest BCUT2D eigenvalue weighted by atomic mass is 9.96. The van der Waals surface area contributed by atoms with Crippen molar-refractivity contribution in [1.82, 2.24) is 0 Å². The number of carboxylic acids is 1. The van der Waals surface area contributed by atoms with E-state index in [0.717, 1.165) is 11.1 Å². The first-order chi connectivity index (χ1) is 16.9. The number of carboxylic acid groups (broad SMARTS) is 1. The van der Waals surface area contributed by atoms with E-state index in [0.29, 0.717) is 32.1 Å². The highest BCUT2D eigenvalue weighted by Crippen LogP contribution is 2.29. The van der Waals surface area contributed by atoms with Gasteiger partial charge in [0.15, 0.2) is 6.29 Å². The van der Waals surface area contributed by atoms with Crippen molar-refractivity contribution in [2.75, 3.05) is 13.2 Å². The van der Waals surface area contributed by atoms with Gasteiger partial charge in [0.25, 0.3) is 0 Å². The molecule has 1 aliphatic rings. The van der Waals surface area contributed by atoms with Gasteiger partial charge in [-0.15, -0.1) is 6.58 Å². The Morgan fingerprint density at radius 1 is 1.11 bits per heavy atom. The second-order valence-electron chi connectivity index (χ2n) is 9.41. The largest absolute Gasteiger partial charge is 0.478 e. The van der Waals surface area contributed by atoms with E-state index in [1.165, 1.54) is 13.0 Å². The van der Waals surface area contributed by atoms with Crippen LogP contribution in [0.4, 0.5) is 0 Å². The molecule has 1 aliphatic heterocycles. The van der Waals surface area contributed by atoms with Crippen LogP contribution in [0.1, 0.15) is 52.9 Å². The first-order valence-corrected chi connectivity index (χ1v) is 12.0. The summed E-state index contributed by atoms with van der Waals surface area (Å²) in [5, 5.41) is 68.0. The molecule has 36 heavy (non-hydrogen) atoms. The summed E-state index contributed by atoms with van der Waals surface area (Å²) in [7, 11) is 0. The van der Waals surface area contributed by atoms with E-state index in [4.69, 9.17) is 14.6 Å². The van der Waals surface area contributed by atoms with Gasteiger partial charge in [-0.05, 0) is 64.5 Å². The summed E-state index contributed by atoms with van der Waals surface area (Å²) in [5.74, 6) is -1.07. The van der Waals surface area contributed by atoms with E-state index in [-0.39, 0.29) is 12.2 Å². The van der Waals surface area contributed by atoms with Crippen LogP contribution in [-0.2, 0) is 14.3 Å². The molecule has 10 heteroatoms. The van der Waals surface area contributed by atoms with Crippen molar-refractivity contribution < 1.29 is 50.0 Å². The summed E-state index contributed by atoms with van der Waals surface area (Å²) >= 11 is 0. The Bertz CT molecular complexity index is 803. The van der Waals surface area contributed by atoms with Crippen molar-refractivity contribution in [3.05, 3.63) is 47.6 Å². The van der Waals surface area contributed by atoms with E-state index < -0.39 is 55.0 Å². The van der Waals surface area contributed by atoms with E-state index in [9.17, 15) is 35.4 Å². The molecular weight excluding hydrogens is 472 g/mol. The Balaban J connectivity index is 2.65. The highest BCUT2D eigenvalue weighted by atomic mass is 16.7. The molecule has 0 spiro atoms. The molecule has 0 aromatic heterocycles. The maximum absolute atomic E-state index is 10.8. The minimum atomic E-state index is -1.54. The lowest BCUT2D eigenvalue weighted by Gasteiger charge is -2.42. The zero-order valence-corrected chi connectivity index (χ0v) is 21.3. The van der Waals surface area contributed by atoms with Crippen molar-refractivity contribution in [2.45, 2.75) is 95.3 Å². The Hall–Kier alpha value is -1.89. The average molecular weight is 515 g/mol. The fraction of sp³-hybridized carbons (Fsp3) is 0.654. The molecule has 7 atom stereocenters. The van der Waals surface area contributed by atoms with Crippen LogP contribution in [0, 0.1) is 0 Å². The van der Waals surface area contributed by atoms with Crippen LogP contribution in [-0.4, -0.2) is 97.3 Å². The number of aliphatic carboxylic acids is 1. The molecule has 0 aromatic rings. The van der Waals surface area contributed by atoms with Crippen LogP contribution in [0.5, 0.6) is 0 Å². The van der Waals surface area contributed by atoms with Crippen LogP contribution in [0.15, 0.2) is 47.6 Å². The van der Waals surface area contributed by atoms with Crippen LogP contribution < -0.4 is 0 Å². The van der Waals surface area contributed by atoms with Crippen LogP contribution in [0.25, 0.3) is 0 Å². The zero-order valence-electron chi connectivity index (χ0n) is 21.3. The maximum Gasteiger partial charge on any atom is 0.331 e. The molecule has 0 amide bonds. The first-order valence-electron chi connectivity index (χ1n) is 12.0. The topological polar surface area (TPSA) is 177 Å². The molecule has 2 unspecified atom stereocenters. The number of allylic oxidation sites excluding steroid dienone is 2. The van der Waals surface area contributed by atoms with Gasteiger partial charge in [-0.2, -0.15) is 0 Å². The van der Waals surface area contributed by atoms with Gasteiger partial charge < -0.3 is 45.2 Å². The van der Waals surface area contributed by atoms with Crippen LogP contribution >= 0.6 is 0 Å². The number of aliphatic hydroxyl groups is 6. The molecule has 206 valence electrons. The lowest BCUT2D eigenvalue weighted by molar-refractivity contribution is -0.319. The fourth-order valence-electron chi connectivity index (χ4n) is 3.78. The molecule has 1 saturated heterocycles. The third-order valence-corrected chi connectivity index (χ3v) is 6.21. The second kappa shape index (κ2) is 15.4. The van der Waals surface area contributed by atoms with E-state index in [1.807, 2.05) is 19.1 Å². The monoisotopic (exact) mass is 514 g/mol. The second-order valence-corrected chi connectivity index (χ2v) is 9.41. The Morgan fingerprint density at radius 2 is 1.78 bits per heavy atom. The molecule has 0 aromatic carbocycles. The molecule has 7 N–H and O–H groups in total. The van der Waals surface area contributed by atoms with Gasteiger partial charge in [-0.25, -0.2) is 4.79 Å². The number of ether oxygens (including phenoxy) is 2. The molecule has 1 rings (SSSR count). The lowest BCUT2D eigenvalue weighted by Crippen LogP contribution is -2.60. The third-order valence-electron chi connectivity index (χ3n) is 6.21. The fourth-order valence-corrected chi connectivity index (χ4v) is 3.78. The molecule has 1 fully saturated rings. The van der Waals surface area contributed by atoms with Crippen LogP contribution in [0.3, 0.4) is 0 Å². The summed E-state index contributed by atoms with van der Waals surface area (Å²) in [4.78, 5) is 10.8. The van der Waals surface area contributed by atoms with Crippen molar-refractivity contribution >= 4 is 5.97 Å². The van der Waals surface area contributed by atoms with Gasteiger partial charge in [0.05, 0.1) is 24.9 Å². The van der Waals surface area contributed by atoms with E-state index >= 15 is 0 Å². The van der Waals surface area contributed by atoms with E-state index in [2.05, 4.69) is 6.58 Å². The van der Waals surface area contributed by atoms with Gasteiger partial charge in [-0.3, -0.25) is 0 Å². The highest BCUT2D eigenvalue weighted by Gasteiger charge is 2.45. The Morgan fingerprint density at radius 3 is 2.33 bits per heavy atom. The standard InChI is InChI=1S/C26H42O10/c1-5-26(4,36-25-23(32)22(31)21(30)20(15-28)35-25)11-7-10-18(14-27)9-6-8-16(2)12-19(29)13-17(3)24(33)34/h5,8,10,13,19-23,25,27-32H,1,6-7,9,11-12,14-15H2,2-4H3,(H,33,34)/b16-8+,17-13+,18-10-/t19?,20-,21-,22+,23-,25+,26?/m1/s1. The summed E-state index contributed by atoms with van der Waals surface area (Å²) < 4.78 is 11.3. The SMILES string of the molecule is C=CC(C)(CC/C=C(\CO)CC/C=C(\C)CC(O)/C=C(\C)C(=O)O)O[C@@H]1O[C@H](CO)[C@@H](O)[C@H](O)[C@H]1O. The quantitative estimate of drug-likeness (QED) is 0.123. The Kier molecular flexibility index (Phi) is 13.7. The molecule has 0 aliphatic carbocycles. The van der Waals surface area contributed by atoms with E-state index in [1.54, 1.807) is 13.0 Å². The van der Waals surface area contributed by atoms with Crippen molar-refractivity contribution in [3.8, 4) is 0 Å². The van der Waals surface area contributed by atoms with Crippen molar-refractivity contribution in [1.29, 1.82) is 0 Å². The normalized spacial score (nSPS) is 28.5. The summed E-state index contributed by atoms with van der Waals surface area (Å²) in [6.07, 6.45) is 1.39. The minimum absolute atomic E-state index is 0.0860. The zero-order chi connectivity index (χ0) is 27.5. The Labute approximate surface area is 212 Å². The predicted octanol–water partition coefficient (Wildman–Crippen LogP) is 0.955. The third kappa shape index (κ3) is 10.2. The highest BCUT2D eigenvalue weighted by molar-refractivity contribution is 5.85. The molecule has 10 nitrogen and oxygen atoms in total. The predicted molar refractivity (Wildman–Crippen MR) is 133 cm³/mol. The summed E-state index contributed by atoms with van der Waals surface area (Å²) in [5.41, 5.74) is 0.837. The number of aliphatic hydroxyl groups excluding tert-OH is 6. The van der Waals surface area contributed by atoms with Gasteiger partial charge in [0.2, 0.25) is 0 Å². The van der Waals surface area contributed by atoms with Gasteiger partial charge >= 0.3 is 5.97 Å². The van der Waals surface area contributed by atoms with Gasteiger partial charge in [0, 0.05) is 5.57 Å². The smallest absolute Gasteiger partial charge is 0.331 e. The molecule has 1 heterocycles. The van der Waals surface area contributed by atoms with Crippen molar-refractivity contribution in [3.63, 3.8) is 0 Å². The molecule has 0 radical (unpaired) electrons. The van der Waals surface area contributed by atoms with Gasteiger partial charge in [-0.1, -0.05) is 23.8 Å². The number of rotatable bonds is 15. The van der Waals surface area contributed by atoms with Crippen LogP contribution in [0.2, 0.25) is 0 Å².